The largest absolute Gasteiger partial charge is 0.490 e. The van der Waals surface area contributed by atoms with Gasteiger partial charge in [-0.25, -0.2) is 0 Å². The summed E-state index contributed by atoms with van der Waals surface area (Å²) in [5.74, 6) is 2.13. The monoisotopic (exact) mass is 304 g/mol. The van der Waals surface area contributed by atoms with Gasteiger partial charge in [0.1, 0.15) is 5.60 Å². The van der Waals surface area contributed by atoms with Crippen molar-refractivity contribution < 1.29 is 14.2 Å². The normalized spacial score (nSPS) is 29.2. The van der Waals surface area contributed by atoms with Crippen LogP contribution in [0.25, 0.3) is 0 Å². The molecule has 2 aliphatic rings. The van der Waals surface area contributed by atoms with Crippen LogP contribution in [-0.2, 0) is 4.74 Å². The summed E-state index contributed by atoms with van der Waals surface area (Å²) in [5, 5.41) is 0. The lowest BCUT2D eigenvalue weighted by atomic mass is 9.75. The highest BCUT2D eigenvalue weighted by Gasteiger charge is 2.48. The van der Waals surface area contributed by atoms with Gasteiger partial charge in [-0.05, 0) is 46.1 Å². The van der Waals surface area contributed by atoms with Crippen LogP contribution in [0.5, 0.6) is 11.5 Å². The van der Waals surface area contributed by atoms with Gasteiger partial charge in [0, 0.05) is 11.5 Å². The van der Waals surface area contributed by atoms with Crippen molar-refractivity contribution in [3.8, 4) is 11.5 Å². The van der Waals surface area contributed by atoms with Crippen LogP contribution < -0.4 is 9.47 Å². The second kappa shape index (κ2) is 6.11. The molecule has 2 heterocycles. The van der Waals surface area contributed by atoms with Gasteiger partial charge in [0.2, 0.25) is 0 Å². The smallest absolute Gasteiger partial charge is 0.167 e. The number of hydrogen-bond donors (Lipinski definition) is 0. The summed E-state index contributed by atoms with van der Waals surface area (Å²) in [4.78, 5) is 0. The Kier molecular flexibility index (Phi) is 4.35. The number of benzene rings is 1. The number of hydrogen-bond acceptors (Lipinski definition) is 3. The average Bonchev–Trinajstić information content (AvgIpc) is 2.48. The van der Waals surface area contributed by atoms with E-state index in [-0.39, 0.29) is 11.7 Å². The highest BCUT2D eigenvalue weighted by molar-refractivity contribution is 5.50. The Balaban J connectivity index is 1.98. The van der Waals surface area contributed by atoms with E-state index in [9.17, 15) is 0 Å². The lowest BCUT2D eigenvalue weighted by molar-refractivity contribution is -0.151. The Bertz CT molecular complexity index is 523. The van der Waals surface area contributed by atoms with Crippen LogP contribution in [0.2, 0.25) is 0 Å². The van der Waals surface area contributed by atoms with Gasteiger partial charge in [-0.15, -0.1) is 0 Å². The summed E-state index contributed by atoms with van der Waals surface area (Å²) in [6.45, 7) is 9.24. The minimum atomic E-state index is -0.220. The molecule has 3 rings (SSSR count). The molecule has 0 spiro atoms. The predicted octanol–water partition coefficient (Wildman–Crippen LogP) is 4.89. The van der Waals surface area contributed by atoms with E-state index in [0.29, 0.717) is 18.6 Å². The van der Waals surface area contributed by atoms with Gasteiger partial charge in [0.25, 0.3) is 0 Å². The number of fused-ring (bicyclic) bond motifs is 3. The molecule has 1 aromatic carbocycles. The number of rotatable bonds is 4. The molecule has 3 atom stereocenters. The van der Waals surface area contributed by atoms with Gasteiger partial charge in [-0.3, -0.25) is 0 Å². The van der Waals surface area contributed by atoms with Gasteiger partial charge in [-0.2, -0.15) is 0 Å². The Morgan fingerprint density at radius 2 is 2.05 bits per heavy atom. The summed E-state index contributed by atoms with van der Waals surface area (Å²) in [7, 11) is 0. The molecule has 2 aliphatic heterocycles. The lowest BCUT2D eigenvalue weighted by Crippen LogP contribution is -2.48. The predicted molar refractivity (Wildman–Crippen MR) is 87.6 cm³/mol. The van der Waals surface area contributed by atoms with Crippen molar-refractivity contribution in [1.82, 2.24) is 0 Å². The standard InChI is InChI=1S/C19H28O3/c1-5-8-13-11-12-15-17(21-13)14-9-7-10-16(20-6-2)18(14)22-19(15,3)4/h7,9-10,13,15,17H,5-6,8,11-12H2,1-4H3/t13-,15-,17+/m1/s1. The average molecular weight is 304 g/mol. The molecule has 3 nitrogen and oxygen atoms in total. The zero-order valence-electron chi connectivity index (χ0n) is 14.2. The fraction of sp³-hybridized carbons (Fsp3) is 0.684. The Labute approximate surface area is 134 Å². The molecule has 0 N–H and O–H groups in total. The van der Waals surface area contributed by atoms with Gasteiger partial charge in [0.05, 0.1) is 18.8 Å². The van der Waals surface area contributed by atoms with Crippen molar-refractivity contribution in [3.05, 3.63) is 23.8 Å². The third-order valence-electron chi connectivity index (χ3n) is 4.99. The Morgan fingerprint density at radius 1 is 1.23 bits per heavy atom. The van der Waals surface area contributed by atoms with E-state index >= 15 is 0 Å². The molecular formula is C19H28O3. The lowest BCUT2D eigenvalue weighted by Gasteiger charge is -2.49. The highest BCUT2D eigenvalue weighted by atomic mass is 16.5. The van der Waals surface area contributed by atoms with Gasteiger partial charge >= 0.3 is 0 Å². The maximum atomic E-state index is 6.49. The second-order valence-electron chi connectivity index (χ2n) is 6.96. The van der Waals surface area contributed by atoms with Gasteiger partial charge in [-0.1, -0.05) is 25.5 Å². The quantitative estimate of drug-likeness (QED) is 0.792. The number of para-hydroxylation sites is 1. The van der Waals surface area contributed by atoms with Crippen LogP contribution in [0.3, 0.4) is 0 Å². The molecule has 22 heavy (non-hydrogen) atoms. The van der Waals surface area contributed by atoms with Crippen molar-refractivity contribution in [2.24, 2.45) is 5.92 Å². The van der Waals surface area contributed by atoms with Crippen molar-refractivity contribution >= 4 is 0 Å². The zero-order valence-corrected chi connectivity index (χ0v) is 14.2. The van der Waals surface area contributed by atoms with E-state index in [1.807, 2.05) is 13.0 Å². The maximum absolute atomic E-state index is 6.49. The third kappa shape index (κ3) is 2.71. The Morgan fingerprint density at radius 3 is 2.77 bits per heavy atom. The van der Waals surface area contributed by atoms with Crippen LogP contribution >= 0.6 is 0 Å². The summed E-state index contributed by atoms with van der Waals surface area (Å²) in [6.07, 6.45) is 5.13. The first kappa shape index (κ1) is 15.7. The first-order chi connectivity index (χ1) is 10.6. The van der Waals surface area contributed by atoms with Gasteiger partial charge in [0.15, 0.2) is 11.5 Å². The van der Waals surface area contributed by atoms with E-state index in [1.54, 1.807) is 0 Å². The van der Waals surface area contributed by atoms with Crippen molar-refractivity contribution in [2.75, 3.05) is 6.61 Å². The third-order valence-corrected chi connectivity index (χ3v) is 4.99. The first-order valence-electron chi connectivity index (χ1n) is 8.67. The van der Waals surface area contributed by atoms with Gasteiger partial charge < -0.3 is 14.2 Å². The molecular weight excluding hydrogens is 276 g/mol. The highest BCUT2D eigenvalue weighted by Crippen LogP contribution is 2.53. The number of ether oxygens (including phenoxy) is 3. The minimum Gasteiger partial charge on any atom is -0.490 e. The first-order valence-corrected chi connectivity index (χ1v) is 8.67. The molecule has 3 heteroatoms. The fourth-order valence-corrected chi connectivity index (χ4v) is 3.90. The summed E-state index contributed by atoms with van der Waals surface area (Å²) >= 11 is 0. The summed E-state index contributed by atoms with van der Waals surface area (Å²) < 4.78 is 18.6. The molecule has 1 aromatic rings. The van der Waals surface area contributed by atoms with Crippen LogP contribution in [0.1, 0.15) is 65.0 Å². The molecule has 1 fully saturated rings. The summed E-state index contributed by atoms with van der Waals surface area (Å²) in [5.41, 5.74) is 0.943. The van der Waals surface area contributed by atoms with E-state index < -0.39 is 0 Å². The molecule has 0 bridgehead atoms. The van der Waals surface area contributed by atoms with Crippen LogP contribution in [0, 0.1) is 5.92 Å². The van der Waals surface area contributed by atoms with Crippen LogP contribution in [0.4, 0.5) is 0 Å². The zero-order chi connectivity index (χ0) is 15.7. The van der Waals surface area contributed by atoms with Crippen molar-refractivity contribution in [1.29, 1.82) is 0 Å². The van der Waals surface area contributed by atoms with E-state index in [0.717, 1.165) is 29.9 Å². The second-order valence-corrected chi connectivity index (χ2v) is 6.96. The molecule has 0 unspecified atom stereocenters. The fourth-order valence-electron chi connectivity index (χ4n) is 3.90. The molecule has 0 aliphatic carbocycles. The van der Waals surface area contributed by atoms with E-state index in [2.05, 4.69) is 32.9 Å². The van der Waals surface area contributed by atoms with Crippen LogP contribution in [0.15, 0.2) is 18.2 Å². The SMILES string of the molecule is CCC[C@@H]1CC[C@@H]2[C@@H](O1)c1cccc(OCC)c1OC2(C)C. The molecule has 0 saturated carbocycles. The Hall–Kier alpha value is -1.22. The molecule has 1 saturated heterocycles. The van der Waals surface area contributed by atoms with E-state index in [1.165, 1.54) is 12.8 Å². The van der Waals surface area contributed by atoms with Crippen LogP contribution in [-0.4, -0.2) is 18.3 Å². The maximum Gasteiger partial charge on any atom is 0.167 e. The molecule has 122 valence electrons. The minimum absolute atomic E-state index is 0.129. The molecule has 0 aromatic heterocycles. The molecule has 0 radical (unpaired) electrons. The topological polar surface area (TPSA) is 27.7 Å². The van der Waals surface area contributed by atoms with Crippen molar-refractivity contribution in [3.63, 3.8) is 0 Å². The van der Waals surface area contributed by atoms with Crippen molar-refractivity contribution in [2.45, 2.75) is 71.2 Å². The molecule has 0 amide bonds. The van der Waals surface area contributed by atoms with E-state index in [4.69, 9.17) is 14.2 Å². The summed E-state index contributed by atoms with van der Waals surface area (Å²) in [6, 6.07) is 6.18.